The molecule has 2 heterocycles. The van der Waals surface area contributed by atoms with Crippen molar-refractivity contribution in [1.29, 1.82) is 0 Å². The van der Waals surface area contributed by atoms with Crippen LogP contribution in [0, 0.1) is 0 Å². The molecule has 0 unspecified atom stereocenters. The van der Waals surface area contributed by atoms with Gasteiger partial charge in [0, 0.05) is 12.0 Å². The third-order valence-corrected chi connectivity index (χ3v) is 4.52. The molecule has 0 spiro atoms. The van der Waals surface area contributed by atoms with Crippen LogP contribution in [0.15, 0.2) is 24.5 Å². The fraction of sp³-hybridized carbons (Fsp3) is 0.533. The molecule has 0 saturated carbocycles. The van der Waals surface area contributed by atoms with Gasteiger partial charge in [-0.15, -0.1) is 0 Å². The van der Waals surface area contributed by atoms with Crippen LogP contribution in [0.3, 0.4) is 0 Å². The maximum atomic E-state index is 6.16. The Labute approximate surface area is 120 Å². The lowest BCUT2D eigenvalue weighted by atomic mass is 9.78. The number of aromatic nitrogens is 2. The molecule has 0 amide bonds. The van der Waals surface area contributed by atoms with Gasteiger partial charge in [0.05, 0.1) is 28.6 Å². The summed E-state index contributed by atoms with van der Waals surface area (Å²) in [6, 6.07) is 6.10. The predicted octanol–water partition coefficient (Wildman–Crippen LogP) is 2.36. The zero-order valence-corrected chi connectivity index (χ0v) is 12.8. The SMILES string of the molecule is CCn1cnc2cccc(B3OC(C)(C)C(C)(C)O3)c21. The van der Waals surface area contributed by atoms with Gasteiger partial charge in [0.25, 0.3) is 0 Å². The third kappa shape index (κ3) is 1.88. The van der Waals surface area contributed by atoms with Crippen molar-refractivity contribution in [1.82, 2.24) is 9.55 Å². The monoisotopic (exact) mass is 272 g/mol. The summed E-state index contributed by atoms with van der Waals surface area (Å²) in [4.78, 5) is 4.45. The average molecular weight is 272 g/mol. The van der Waals surface area contributed by atoms with Crippen LogP contribution in [0.4, 0.5) is 0 Å². The second-order valence-corrected chi connectivity index (χ2v) is 6.33. The van der Waals surface area contributed by atoms with Gasteiger partial charge in [0.1, 0.15) is 0 Å². The molecule has 1 saturated heterocycles. The highest BCUT2D eigenvalue weighted by Crippen LogP contribution is 2.36. The Balaban J connectivity index is 2.10. The quantitative estimate of drug-likeness (QED) is 0.787. The lowest BCUT2D eigenvalue weighted by Crippen LogP contribution is -2.41. The molecule has 106 valence electrons. The van der Waals surface area contributed by atoms with E-state index in [0.29, 0.717) is 0 Å². The zero-order valence-electron chi connectivity index (χ0n) is 12.8. The van der Waals surface area contributed by atoms with E-state index in [0.717, 1.165) is 23.0 Å². The molecule has 1 aliphatic rings. The normalized spacial score (nSPS) is 20.8. The maximum Gasteiger partial charge on any atom is 0.497 e. The minimum absolute atomic E-state index is 0.323. The molecule has 1 fully saturated rings. The van der Waals surface area contributed by atoms with E-state index < -0.39 is 0 Å². The largest absolute Gasteiger partial charge is 0.497 e. The molecule has 2 aromatic rings. The van der Waals surface area contributed by atoms with Crippen LogP contribution in [-0.4, -0.2) is 27.9 Å². The summed E-state index contributed by atoms with van der Waals surface area (Å²) < 4.78 is 14.5. The van der Waals surface area contributed by atoms with Gasteiger partial charge < -0.3 is 13.9 Å². The van der Waals surface area contributed by atoms with Gasteiger partial charge in [-0.25, -0.2) is 4.98 Å². The topological polar surface area (TPSA) is 36.3 Å². The number of hydrogen-bond donors (Lipinski definition) is 0. The first-order valence-electron chi connectivity index (χ1n) is 7.15. The smallest absolute Gasteiger partial charge is 0.399 e. The first kappa shape index (κ1) is 13.6. The molecular weight excluding hydrogens is 251 g/mol. The second kappa shape index (κ2) is 4.33. The fourth-order valence-electron chi connectivity index (χ4n) is 2.56. The molecule has 1 aromatic carbocycles. The Bertz CT molecular complexity index is 632. The summed E-state index contributed by atoms with van der Waals surface area (Å²) in [5.74, 6) is 0. The van der Waals surface area contributed by atoms with E-state index in [4.69, 9.17) is 9.31 Å². The first-order chi connectivity index (χ1) is 9.36. The molecule has 1 aliphatic heterocycles. The van der Waals surface area contributed by atoms with Crippen molar-refractivity contribution in [3.8, 4) is 0 Å². The summed E-state index contributed by atoms with van der Waals surface area (Å²) in [6.45, 7) is 11.3. The van der Waals surface area contributed by atoms with Crippen molar-refractivity contribution in [2.75, 3.05) is 0 Å². The molecule has 5 heteroatoms. The van der Waals surface area contributed by atoms with Crippen LogP contribution in [0.1, 0.15) is 34.6 Å². The maximum absolute atomic E-state index is 6.16. The molecule has 0 N–H and O–H groups in total. The van der Waals surface area contributed by atoms with E-state index in [2.05, 4.69) is 50.2 Å². The van der Waals surface area contributed by atoms with Crippen LogP contribution in [0.2, 0.25) is 0 Å². The van der Waals surface area contributed by atoms with E-state index in [1.54, 1.807) is 0 Å². The van der Waals surface area contributed by atoms with Crippen LogP contribution in [0.5, 0.6) is 0 Å². The Morgan fingerprint density at radius 1 is 1.15 bits per heavy atom. The van der Waals surface area contributed by atoms with E-state index in [1.165, 1.54) is 0 Å². The van der Waals surface area contributed by atoms with Gasteiger partial charge >= 0.3 is 7.12 Å². The number of nitrogens with zero attached hydrogens (tertiary/aromatic N) is 2. The molecule has 0 radical (unpaired) electrons. The van der Waals surface area contributed by atoms with Crippen molar-refractivity contribution in [2.24, 2.45) is 0 Å². The van der Waals surface area contributed by atoms with E-state index >= 15 is 0 Å². The van der Waals surface area contributed by atoms with Gasteiger partial charge in [-0.3, -0.25) is 0 Å². The highest BCUT2D eigenvalue weighted by atomic mass is 16.7. The number of hydrogen-bond acceptors (Lipinski definition) is 3. The predicted molar refractivity (Wildman–Crippen MR) is 81.1 cm³/mol. The van der Waals surface area contributed by atoms with E-state index in [9.17, 15) is 0 Å². The van der Waals surface area contributed by atoms with Gasteiger partial charge in [-0.1, -0.05) is 12.1 Å². The van der Waals surface area contributed by atoms with Crippen LogP contribution < -0.4 is 5.46 Å². The number of para-hydroxylation sites is 1. The van der Waals surface area contributed by atoms with Gasteiger partial charge in [-0.2, -0.15) is 0 Å². The molecular formula is C15H21BN2O2. The Kier molecular flexibility index (Phi) is 2.96. The highest BCUT2D eigenvalue weighted by Gasteiger charge is 2.52. The van der Waals surface area contributed by atoms with Gasteiger partial charge in [-0.05, 0) is 40.7 Å². The molecule has 3 rings (SSSR count). The molecule has 0 bridgehead atoms. The fourth-order valence-corrected chi connectivity index (χ4v) is 2.56. The minimum atomic E-state index is -0.342. The van der Waals surface area contributed by atoms with Crippen molar-refractivity contribution in [3.63, 3.8) is 0 Å². The van der Waals surface area contributed by atoms with Crippen molar-refractivity contribution in [3.05, 3.63) is 24.5 Å². The molecule has 0 aliphatic carbocycles. The number of fused-ring (bicyclic) bond motifs is 1. The molecule has 4 nitrogen and oxygen atoms in total. The average Bonchev–Trinajstić information content (AvgIpc) is 2.88. The molecule has 1 aromatic heterocycles. The third-order valence-electron chi connectivity index (χ3n) is 4.52. The second-order valence-electron chi connectivity index (χ2n) is 6.33. The summed E-state index contributed by atoms with van der Waals surface area (Å²) in [6.07, 6.45) is 1.87. The summed E-state index contributed by atoms with van der Waals surface area (Å²) in [5, 5.41) is 0. The van der Waals surface area contributed by atoms with Gasteiger partial charge in [0.2, 0.25) is 0 Å². The summed E-state index contributed by atoms with van der Waals surface area (Å²) in [5.41, 5.74) is 2.50. The number of aryl methyl sites for hydroxylation is 1. The summed E-state index contributed by atoms with van der Waals surface area (Å²) >= 11 is 0. The zero-order chi connectivity index (χ0) is 14.5. The van der Waals surface area contributed by atoms with Crippen LogP contribution >= 0.6 is 0 Å². The Hall–Kier alpha value is -1.33. The number of imidazole rings is 1. The Morgan fingerprint density at radius 2 is 1.80 bits per heavy atom. The van der Waals surface area contributed by atoms with E-state index in [1.807, 2.05) is 18.5 Å². The summed E-state index contributed by atoms with van der Waals surface area (Å²) in [7, 11) is -0.342. The van der Waals surface area contributed by atoms with Crippen molar-refractivity contribution in [2.45, 2.75) is 52.4 Å². The van der Waals surface area contributed by atoms with E-state index in [-0.39, 0.29) is 18.3 Å². The lowest BCUT2D eigenvalue weighted by Gasteiger charge is -2.32. The number of benzene rings is 1. The van der Waals surface area contributed by atoms with Gasteiger partial charge in [0.15, 0.2) is 0 Å². The van der Waals surface area contributed by atoms with Crippen LogP contribution in [0.25, 0.3) is 11.0 Å². The minimum Gasteiger partial charge on any atom is -0.399 e. The standard InChI is InChI=1S/C15H21BN2O2/c1-6-18-10-17-12-9-7-8-11(13(12)18)16-19-14(2,3)15(4,5)20-16/h7-10H,6H2,1-5H3. The highest BCUT2D eigenvalue weighted by molar-refractivity contribution is 6.64. The number of rotatable bonds is 2. The van der Waals surface area contributed by atoms with Crippen molar-refractivity contribution < 1.29 is 9.31 Å². The Morgan fingerprint density at radius 3 is 2.40 bits per heavy atom. The van der Waals surface area contributed by atoms with Crippen LogP contribution in [-0.2, 0) is 15.9 Å². The first-order valence-corrected chi connectivity index (χ1v) is 7.15. The molecule has 0 atom stereocenters. The molecule has 20 heavy (non-hydrogen) atoms. The van der Waals surface area contributed by atoms with Crippen molar-refractivity contribution >= 4 is 23.6 Å². The lowest BCUT2D eigenvalue weighted by molar-refractivity contribution is 0.00578.